The van der Waals surface area contributed by atoms with Crippen LogP contribution in [-0.4, -0.2) is 0 Å². The number of rotatable bonds is 7. The van der Waals surface area contributed by atoms with Gasteiger partial charge in [-0.15, -0.1) is 0 Å². The van der Waals surface area contributed by atoms with Gasteiger partial charge >= 0.3 is 0 Å². The summed E-state index contributed by atoms with van der Waals surface area (Å²) in [5, 5.41) is 7.58. The van der Waals surface area contributed by atoms with E-state index >= 15 is 0 Å². The lowest BCUT2D eigenvalue weighted by molar-refractivity contribution is 0.669. The van der Waals surface area contributed by atoms with Crippen LogP contribution in [0.4, 0.5) is 17.1 Å². The maximum absolute atomic E-state index is 9.81. The highest BCUT2D eigenvalue weighted by molar-refractivity contribution is 6.14. The Morgan fingerprint density at radius 2 is 0.652 bits per heavy atom. The molecular weight excluding hydrogens is 799 g/mol. The number of nitrogens with zero attached hydrogens (tertiary/aromatic N) is 1. The van der Waals surface area contributed by atoms with Crippen LogP contribution in [0.2, 0.25) is 0 Å². The van der Waals surface area contributed by atoms with Gasteiger partial charge in [0.2, 0.25) is 0 Å². The third-order valence-electron chi connectivity index (χ3n) is 12.2. The minimum atomic E-state index is -0.963. The summed E-state index contributed by atoms with van der Waals surface area (Å²) in [5.41, 5.74) is -1.97. The fraction of sp³-hybridized carbons (Fsp3) is 0. The molecule has 0 aliphatic carbocycles. The molecule has 13 aromatic rings. The van der Waals surface area contributed by atoms with E-state index in [4.69, 9.17) is 4.42 Å². The molecule has 308 valence electrons. The molecule has 0 aliphatic rings. The van der Waals surface area contributed by atoms with Gasteiger partial charge in [-0.1, -0.05) is 200 Å². The fourth-order valence-electron chi connectivity index (χ4n) is 9.05. The topological polar surface area (TPSA) is 16.4 Å². The summed E-state index contributed by atoms with van der Waals surface area (Å²) < 4.78 is 161. The number of hydrogen-bond acceptors (Lipinski definition) is 2. The summed E-state index contributed by atoms with van der Waals surface area (Å²) in [6.07, 6.45) is 0. The van der Waals surface area contributed by atoms with Crippen LogP contribution < -0.4 is 4.90 Å². The van der Waals surface area contributed by atoms with Crippen LogP contribution in [0.15, 0.2) is 253 Å². The maximum Gasteiger partial charge on any atom is 0.136 e. The third-order valence-corrected chi connectivity index (χ3v) is 12.2. The van der Waals surface area contributed by atoms with Crippen LogP contribution in [0.5, 0.6) is 0 Å². The van der Waals surface area contributed by atoms with E-state index in [-0.39, 0.29) is 22.3 Å². The molecule has 0 spiro atoms. The zero-order valence-corrected chi connectivity index (χ0v) is 34.8. The molecule has 66 heavy (non-hydrogen) atoms. The van der Waals surface area contributed by atoms with E-state index in [1.807, 2.05) is 84.9 Å². The summed E-state index contributed by atoms with van der Waals surface area (Å²) >= 11 is 0. The normalized spacial score (nSPS) is 15.0. The third kappa shape index (κ3) is 6.34. The monoisotopic (exact) mass is 855 g/mol. The Morgan fingerprint density at radius 1 is 0.273 bits per heavy atom. The highest BCUT2D eigenvalue weighted by atomic mass is 16.3. The van der Waals surface area contributed by atoms with Gasteiger partial charge in [0.15, 0.2) is 0 Å². The Balaban J connectivity index is 1.06. The SMILES string of the molecule is [2H]c1c([2H])c(-c2cccc3c2ccc2ccccc23)c([2H])c([2H])c1-c1c([2H])c([2H])c(N(c2c([2H])c([2H])c(-c3cccc4c3ccc3ccccc34)c([2H])c2[2H])c2c([2H])c([2H])c(-c3cccc4oc5ccccc5c34)c([2H])c2[2H])c([2H])c1[2H]. The first-order valence-electron chi connectivity index (χ1n) is 29.4. The second-order valence-electron chi connectivity index (χ2n) is 15.9. The summed E-state index contributed by atoms with van der Waals surface area (Å²) in [5.74, 6) is 0. The lowest BCUT2D eigenvalue weighted by atomic mass is 9.93. The molecule has 2 heteroatoms. The van der Waals surface area contributed by atoms with Gasteiger partial charge in [-0.3, -0.25) is 0 Å². The highest BCUT2D eigenvalue weighted by Gasteiger charge is 2.17. The molecule has 0 bridgehead atoms. The van der Waals surface area contributed by atoms with E-state index in [0.717, 1.165) is 32.3 Å². The van der Waals surface area contributed by atoms with Gasteiger partial charge in [-0.2, -0.15) is 0 Å². The lowest BCUT2D eigenvalue weighted by Gasteiger charge is -2.26. The first kappa shape index (κ1) is 24.9. The molecule has 0 saturated heterocycles. The molecule has 0 saturated carbocycles. The largest absolute Gasteiger partial charge is 0.456 e. The van der Waals surface area contributed by atoms with E-state index in [1.54, 1.807) is 66.7 Å². The van der Waals surface area contributed by atoms with E-state index in [0.29, 0.717) is 48.7 Å². The Kier molecular flexibility index (Phi) is 5.87. The lowest BCUT2D eigenvalue weighted by Crippen LogP contribution is -2.09. The molecule has 0 radical (unpaired) electrons. The van der Waals surface area contributed by atoms with Crippen LogP contribution in [-0.2, 0) is 0 Å². The Morgan fingerprint density at radius 3 is 1.20 bits per heavy atom. The van der Waals surface area contributed by atoms with Gasteiger partial charge < -0.3 is 9.32 Å². The van der Waals surface area contributed by atoms with Crippen molar-refractivity contribution in [2.24, 2.45) is 0 Å². The number of para-hydroxylation sites is 1. The average Bonchev–Trinajstić information content (AvgIpc) is 1.85. The van der Waals surface area contributed by atoms with Crippen molar-refractivity contribution in [1.82, 2.24) is 0 Å². The maximum atomic E-state index is 9.81. The van der Waals surface area contributed by atoms with Crippen molar-refractivity contribution in [3.63, 3.8) is 0 Å². The first-order chi connectivity index (χ1) is 39.4. The fourth-order valence-corrected chi connectivity index (χ4v) is 9.05. The molecule has 0 fully saturated rings. The van der Waals surface area contributed by atoms with Gasteiger partial charge in [0.1, 0.15) is 11.2 Å². The molecule has 13 rings (SSSR count). The predicted octanol–water partition coefficient (Wildman–Crippen LogP) is 18.3. The van der Waals surface area contributed by atoms with Gasteiger partial charge in [0.25, 0.3) is 0 Å². The number of fused-ring (bicyclic) bond motifs is 9. The van der Waals surface area contributed by atoms with Crippen LogP contribution in [0.3, 0.4) is 0 Å². The van der Waals surface area contributed by atoms with E-state index in [2.05, 4.69) is 0 Å². The van der Waals surface area contributed by atoms with Crippen molar-refractivity contribution in [2.75, 3.05) is 4.90 Å². The predicted molar refractivity (Wildman–Crippen MR) is 280 cm³/mol. The molecule has 0 N–H and O–H groups in total. The molecule has 0 amide bonds. The molecule has 12 aromatic carbocycles. The van der Waals surface area contributed by atoms with Crippen LogP contribution >= 0.6 is 0 Å². The number of hydrogen-bond donors (Lipinski definition) is 0. The quantitative estimate of drug-likeness (QED) is 0.149. The van der Waals surface area contributed by atoms with Crippen molar-refractivity contribution in [1.29, 1.82) is 0 Å². The Labute approximate surface area is 405 Å². The van der Waals surface area contributed by atoms with Crippen molar-refractivity contribution in [3.8, 4) is 44.5 Å². The van der Waals surface area contributed by atoms with E-state index < -0.39 is 125 Å². The molecule has 0 unspecified atom stereocenters. The van der Waals surface area contributed by atoms with Gasteiger partial charge in [0, 0.05) is 27.8 Å². The molecule has 0 atom stereocenters. The van der Waals surface area contributed by atoms with Crippen LogP contribution in [0.1, 0.15) is 21.9 Å². The Bertz CT molecular complexity index is 4860. The van der Waals surface area contributed by atoms with Gasteiger partial charge in [-0.05, 0) is 136 Å². The minimum absolute atomic E-state index is 0.0645. The molecule has 1 aromatic heterocycles. The van der Waals surface area contributed by atoms with Gasteiger partial charge in [-0.25, -0.2) is 0 Å². The second-order valence-corrected chi connectivity index (χ2v) is 15.9. The smallest absolute Gasteiger partial charge is 0.136 e. The standard InChI is InChI=1S/C64H41NO/c1-3-12-52-44(10-1)32-40-59-54(15-7-18-57(52)59)46-24-22-42(23-25-46)43-26-34-49(35-27-43)65(51-38-30-48(31-39-51)56-17-9-21-63-64(56)61-14-5-6-20-62(61)66-63)50-36-28-47(29-37-50)55-16-8-19-58-53-13-4-2-11-45(53)33-41-60(55)58/h1-41H/i22D,23D,24D,25D,26D,27D,28D,29D,30D,31D,34D,35D,36D,37D,38D,39D. The average molecular weight is 856 g/mol. The van der Waals surface area contributed by atoms with Crippen LogP contribution in [0, 0.1) is 0 Å². The van der Waals surface area contributed by atoms with E-state index in [1.165, 1.54) is 0 Å². The molecule has 2 nitrogen and oxygen atoms in total. The van der Waals surface area contributed by atoms with E-state index in [9.17, 15) is 21.9 Å². The molecule has 1 heterocycles. The number of anilines is 3. The first-order valence-corrected chi connectivity index (χ1v) is 21.4. The van der Waals surface area contributed by atoms with Gasteiger partial charge in [0.05, 0.1) is 21.9 Å². The number of benzene rings is 12. The summed E-state index contributed by atoms with van der Waals surface area (Å²) in [4.78, 5) is 0.715. The van der Waals surface area contributed by atoms with Crippen molar-refractivity contribution >= 4 is 82.1 Å². The number of furan rings is 1. The Hall–Kier alpha value is -8.72. The van der Waals surface area contributed by atoms with Crippen LogP contribution in [0.25, 0.3) is 110 Å². The summed E-state index contributed by atoms with van der Waals surface area (Å²) in [7, 11) is 0. The van der Waals surface area contributed by atoms with Crippen molar-refractivity contribution < 1.29 is 26.3 Å². The highest BCUT2D eigenvalue weighted by Crippen LogP contribution is 2.42. The molecule has 0 aliphatic heterocycles. The van der Waals surface area contributed by atoms with Crippen molar-refractivity contribution in [3.05, 3.63) is 248 Å². The minimum Gasteiger partial charge on any atom is -0.456 e. The summed E-state index contributed by atoms with van der Waals surface area (Å²) in [6.45, 7) is 0. The zero-order chi connectivity index (χ0) is 57.5. The second kappa shape index (κ2) is 15.5. The summed E-state index contributed by atoms with van der Waals surface area (Å²) in [6, 6.07) is 33.6. The van der Waals surface area contributed by atoms with Crippen molar-refractivity contribution in [2.45, 2.75) is 0 Å². The zero-order valence-electron chi connectivity index (χ0n) is 50.8. The molecular formula is C64H41NO.